The second-order valence-electron chi connectivity index (χ2n) is 6.96. The second kappa shape index (κ2) is 10.3. The van der Waals surface area contributed by atoms with Gasteiger partial charge in [-0.1, -0.05) is 11.6 Å². The first-order valence-corrected chi connectivity index (χ1v) is 11.1. The Morgan fingerprint density at radius 1 is 1.32 bits per heavy atom. The highest BCUT2D eigenvalue weighted by Gasteiger charge is 2.23. The van der Waals surface area contributed by atoms with Crippen LogP contribution in [0.5, 0.6) is 0 Å². The Balaban J connectivity index is 1.86. The molecular weight excluding hydrogens is 482 g/mol. The van der Waals surface area contributed by atoms with Crippen molar-refractivity contribution in [1.82, 2.24) is 0 Å². The highest BCUT2D eigenvalue weighted by atomic mass is 35.5. The Labute approximate surface area is 203 Å². The summed E-state index contributed by atoms with van der Waals surface area (Å²) in [5, 5.41) is 23.4. The number of carbonyl (C=O) groups is 2. The van der Waals surface area contributed by atoms with E-state index in [4.69, 9.17) is 20.8 Å². The number of rotatable bonds is 7. The van der Waals surface area contributed by atoms with Crippen LogP contribution in [0.4, 0.5) is 10.7 Å². The summed E-state index contributed by atoms with van der Waals surface area (Å²) in [5.41, 5.74) is 0.942. The zero-order chi connectivity index (χ0) is 25.0. The first kappa shape index (κ1) is 24.7. The van der Waals surface area contributed by atoms with Crippen molar-refractivity contribution in [2.75, 3.05) is 11.9 Å². The SMILES string of the molecule is CCOC(=O)c1c(NC(=O)C(C#N)=Cc2ccc(-c3ccc([N+](=O)[O-])cc3Cl)o2)sc(C)c1C. The van der Waals surface area contributed by atoms with Gasteiger partial charge in [0.05, 0.1) is 22.1 Å². The molecule has 11 heteroatoms. The number of nitriles is 1. The normalized spacial score (nSPS) is 11.1. The molecule has 0 aliphatic carbocycles. The first-order chi connectivity index (χ1) is 16.2. The lowest BCUT2D eigenvalue weighted by Crippen LogP contribution is -2.16. The Morgan fingerprint density at radius 3 is 2.68 bits per heavy atom. The minimum atomic E-state index is -0.722. The Kier molecular flexibility index (Phi) is 7.50. The molecule has 0 aliphatic rings. The molecule has 2 heterocycles. The van der Waals surface area contributed by atoms with Crippen molar-refractivity contribution in [3.63, 3.8) is 0 Å². The summed E-state index contributed by atoms with van der Waals surface area (Å²) in [6.07, 6.45) is 1.25. The number of halogens is 1. The number of amides is 1. The predicted octanol–water partition coefficient (Wildman–Crippen LogP) is 5.91. The molecule has 2 aromatic heterocycles. The van der Waals surface area contributed by atoms with E-state index in [9.17, 15) is 25.0 Å². The van der Waals surface area contributed by atoms with Crippen LogP contribution in [0.1, 0.15) is 33.5 Å². The van der Waals surface area contributed by atoms with Gasteiger partial charge in [0.2, 0.25) is 0 Å². The van der Waals surface area contributed by atoms with Crippen LogP contribution in [-0.2, 0) is 9.53 Å². The van der Waals surface area contributed by atoms with Crippen LogP contribution in [0, 0.1) is 35.3 Å². The van der Waals surface area contributed by atoms with Crippen LogP contribution >= 0.6 is 22.9 Å². The molecule has 0 saturated carbocycles. The van der Waals surface area contributed by atoms with Crippen molar-refractivity contribution in [1.29, 1.82) is 5.26 Å². The number of hydrogen-bond donors (Lipinski definition) is 1. The number of benzene rings is 1. The van der Waals surface area contributed by atoms with Gasteiger partial charge in [-0.25, -0.2) is 4.79 Å². The van der Waals surface area contributed by atoms with Gasteiger partial charge >= 0.3 is 5.97 Å². The standard InChI is InChI=1S/C23H18ClN3O6S/c1-4-32-23(29)20-12(2)13(3)34-22(20)26-21(28)14(11-25)9-16-6-8-19(33-16)17-7-5-15(27(30)31)10-18(17)24/h5-10H,4H2,1-3H3,(H,26,28). The zero-order valence-corrected chi connectivity index (χ0v) is 19.9. The number of carbonyl (C=O) groups excluding carboxylic acids is 2. The zero-order valence-electron chi connectivity index (χ0n) is 18.3. The van der Waals surface area contributed by atoms with E-state index >= 15 is 0 Å². The van der Waals surface area contributed by atoms with E-state index in [1.54, 1.807) is 19.9 Å². The molecule has 3 aromatic rings. The van der Waals surface area contributed by atoms with Crippen LogP contribution in [0.3, 0.4) is 0 Å². The third-order valence-corrected chi connectivity index (χ3v) is 6.23. The molecule has 9 nitrogen and oxygen atoms in total. The first-order valence-electron chi connectivity index (χ1n) is 9.90. The van der Waals surface area contributed by atoms with Crippen LogP contribution < -0.4 is 5.32 Å². The molecule has 0 fully saturated rings. The number of esters is 1. The van der Waals surface area contributed by atoms with Gasteiger partial charge in [0.1, 0.15) is 28.2 Å². The number of nitro groups is 1. The Bertz CT molecular complexity index is 1370. The number of nitrogens with one attached hydrogen (secondary N) is 1. The topological polar surface area (TPSA) is 135 Å². The molecule has 0 bridgehead atoms. The van der Waals surface area contributed by atoms with Gasteiger partial charge < -0.3 is 14.5 Å². The van der Waals surface area contributed by atoms with Gasteiger partial charge in [-0.05, 0) is 44.5 Å². The van der Waals surface area contributed by atoms with Gasteiger partial charge in [-0.2, -0.15) is 5.26 Å². The minimum Gasteiger partial charge on any atom is -0.462 e. The van der Waals surface area contributed by atoms with Crippen molar-refractivity contribution in [3.8, 4) is 17.4 Å². The van der Waals surface area contributed by atoms with Gasteiger partial charge in [0.25, 0.3) is 11.6 Å². The average molecular weight is 500 g/mol. The van der Waals surface area contributed by atoms with Gasteiger partial charge in [-0.15, -0.1) is 11.3 Å². The van der Waals surface area contributed by atoms with Gasteiger partial charge in [0, 0.05) is 28.6 Å². The maximum absolute atomic E-state index is 12.8. The fourth-order valence-corrected chi connectivity index (χ4v) is 4.33. The van der Waals surface area contributed by atoms with E-state index in [2.05, 4.69) is 5.32 Å². The molecule has 0 atom stereocenters. The highest BCUT2D eigenvalue weighted by molar-refractivity contribution is 7.16. The van der Waals surface area contributed by atoms with Crippen molar-refractivity contribution in [3.05, 3.63) is 72.8 Å². The summed E-state index contributed by atoms with van der Waals surface area (Å²) in [4.78, 5) is 36.2. The summed E-state index contributed by atoms with van der Waals surface area (Å²) in [6, 6.07) is 8.86. The van der Waals surface area contributed by atoms with E-state index in [1.807, 2.05) is 13.0 Å². The van der Waals surface area contributed by atoms with Crippen LogP contribution in [-0.4, -0.2) is 23.4 Å². The molecule has 34 heavy (non-hydrogen) atoms. The van der Waals surface area contributed by atoms with E-state index in [0.29, 0.717) is 16.9 Å². The average Bonchev–Trinajstić information content (AvgIpc) is 3.36. The molecule has 1 N–H and O–H groups in total. The molecule has 174 valence electrons. The van der Waals surface area contributed by atoms with Crippen LogP contribution in [0.2, 0.25) is 5.02 Å². The minimum absolute atomic E-state index is 0.118. The van der Waals surface area contributed by atoms with Crippen molar-refractivity contribution >= 4 is 51.6 Å². The fourth-order valence-electron chi connectivity index (χ4n) is 3.02. The van der Waals surface area contributed by atoms with E-state index < -0.39 is 16.8 Å². The number of aryl methyl sites for hydroxylation is 1. The molecule has 1 amide bonds. The molecule has 3 rings (SSSR count). The molecule has 0 aliphatic heterocycles. The number of furan rings is 1. The monoisotopic (exact) mass is 499 g/mol. The third-order valence-electron chi connectivity index (χ3n) is 4.80. The molecule has 0 unspecified atom stereocenters. The number of nitrogens with zero attached hydrogens (tertiary/aromatic N) is 2. The Morgan fingerprint density at radius 2 is 2.06 bits per heavy atom. The number of hydrogen-bond acceptors (Lipinski definition) is 8. The number of ether oxygens (including phenoxy) is 1. The molecule has 1 aromatic carbocycles. The summed E-state index contributed by atoms with van der Waals surface area (Å²) >= 11 is 7.34. The van der Waals surface area contributed by atoms with Crippen LogP contribution in [0.15, 0.2) is 40.3 Å². The number of nitro benzene ring substituents is 1. The summed E-state index contributed by atoms with van der Waals surface area (Å²) < 4.78 is 10.7. The third kappa shape index (κ3) is 5.17. The fraction of sp³-hybridized carbons (Fsp3) is 0.174. The van der Waals surface area contributed by atoms with Crippen molar-refractivity contribution in [2.24, 2.45) is 0 Å². The summed E-state index contributed by atoms with van der Waals surface area (Å²) in [7, 11) is 0. The smallest absolute Gasteiger partial charge is 0.341 e. The predicted molar refractivity (Wildman–Crippen MR) is 128 cm³/mol. The number of anilines is 1. The van der Waals surface area contributed by atoms with Crippen LogP contribution in [0.25, 0.3) is 17.4 Å². The lowest BCUT2D eigenvalue weighted by Gasteiger charge is -2.06. The molecule has 0 saturated heterocycles. The van der Waals surface area contributed by atoms with E-state index in [1.165, 1.54) is 41.7 Å². The Hall–Kier alpha value is -3.94. The highest BCUT2D eigenvalue weighted by Crippen LogP contribution is 2.34. The van der Waals surface area contributed by atoms with Gasteiger partial charge in [-0.3, -0.25) is 14.9 Å². The maximum Gasteiger partial charge on any atom is 0.341 e. The molecule has 0 radical (unpaired) electrons. The number of thiophene rings is 1. The largest absolute Gasteiger partial charge is 0.462 e. The molecule has 0 spiro atoms. The number of non-ortho nitro benzene ring substituents is 1. The molecular formula is C23H18ClN3O6S. The van der Waals surface area contributed by atoms with E-state index in [0.717, 1.165) is 4.88 Å². The van der Waals surface area contributed by atoms with Crippen molar-refractivity contribution in [2.45, 2.75) is 20.8 Å². The second-order valence-corrected chi connectivity index (χ2v) is 8.59. The maximum atomic E-state index is 12.8. The lowest BCUT2D eigenvalue weighted by atomic mass is 10.1. The van der Waals surface area contributed by atoms with Gasteiger partial charge in [0.15, 0.2) is 0 Å². The lowest BCUT2D eigenvalue weighted by molar-refractivity contribution is -0.384. The van der Waals surface area contributed by atoms with E-state index in [-0.39, 0.29) is 39.2 Å². The summed E-state index contributed by atoms with van der Waals surface area (Å²) in [5.74, 6) is -0.781. The quantitative estimate of drug-likeness (QED) is 0.140. The summed E-state index contributed by atoms with van der Waals surface area (Å²) in [6.45, 7) is 5.43. The van der Waals surface area contributed by atoms with Crippen molar-refractivity contribution < 1.29 is 23.7 Å².